The minimum Gasteiger partial charge on any atom is -0.481 e. The molecular formula is C18H20ClNO2. The van der Waals surface area contributed by atoms with Crippen LogP contribution in [0, 0.1) is 20.8 Å². The van der Waals surface area contributed by atoms with E-state index in [-0.39, 0.29) is 5.91 Å². The largest absolute Gasteiger partial charge is 0.481 e. The Balaban J connectivity index is 2.09. The van der Waals surface area contributed by atoms with E-state index in [1.165, 1.54) is 0 Å². The summed E-state index contributed by atoms with van der Waals surface area (Å²) in [4.78, 5) is 12.3. The summed E-state index contributed by atoms with van der Waals surface area (Å²) in [7, 11) is 0. The summed E-state index contributed by atoms with van der Waals surface area (Å²) >= 11 is 5.97. The van der Waals surface area contributed by atoms with Crippen molar-refractivity contribution in [1.29, 1.82) is 0 Å². The molecule has 22 heavy (non-hydrogen) atoms. The van der Waals surface area contributed by atoms with Crippen LogP contribution in [0.25, 0.3) is 0 Å². The highest BCUT2D eigenvalue weighted by Crippen LogP contribution is 2.23. The zero-order valence-corrected chi connectivity index (χ0v) is 14.0. The van der Waals surface area contributed by atoms with Gasteiger partial charge >= 0.3 is 0 Å². The first-order chi connectivity index (χ1) is 10.4. The van der Waals surface area contributed by atoms with Crippen LogP contribution < -0.4 is 10.1 Å². The first-order valence-electron chi connectivity index (χ1n) is 7.18. The molecule has 0 unspecified atom stereocenters. The van der Waals surface area contributed by atoms with Crippen LogP contribution in [0.3, 0.4) is 0 Å². The summed E-state index contributed by atoms with van der Waals surface area (Å²) in [5, 5.41) is 3.44. The summed E-state index contributed by atoms with van der Waals surface area (Å²) in [6.45, 7) is 7.65. The molecule has 0 aliphatic rings. The lowest BCUT2D eigenvalue weighted by molar-refractivity contribution is -0.122. The van der Waals surface area contributed by atoms with E-state index in [9.17, 15) is 4.79 Å². The van der Waals surface area contributed by atoms with Gasteiger partial charge in [-0.3, -0.25) is 4.79 Å². The van der Waals surface area contributed by atoms with Gasteiger partial charge < -0.3 is 10.1 Å². The molecule has 0 heterocycles. The fraction of sp³-hybridized carbons (Fsp3) is 0.278. The Kier molecular flexibility index (Phi) is 5.09. The third-order valence-electron chi connectivity index (χ3n) is 3.69. The summed E-state index contributed by atoms with van der Waals surface area (Å²) in [5.41, 5.74) is 3.84. The topological polar surface area (TPSA) is 38.3 Å². The number of carbonyl (C=O) groups is 1. The maximum Gasteiger partial charge on any atom is 0.265 e. The molecule has 1 N–H and O–H groups in total. The Bertz CT molecular complexity index is 697. The summed E-state index contributed by atoms with van der Waals surface area (Å²) in [6, 6.07) is 11.2. The van der Waals surface area contributed by atoms with Crippen LogP contribution in [-0.4, -0.2) is 12.0 Å². The van der Waals surface area contributed by atoms with Gasteiger partial charge in [0.25, 0.3) is 5.91 Å². The predicted molar refractivity (Wildman–Crippen MR) is 90.8 cm³/mol. The van der Waals surface area contributed by atoms with E-state index in [4.69, 9.17) is 16.3 Å². The van der Waals surface area contributed by atoms with E-state index >= 15 is 0 Å². The number of halogens is 1. The molecule has 0 aromatic heterocycles. The first kappa shape index (κ1) is 16.4. The van der Waals surface area contributed by atoms with Crippen LogP contribution in [0.1, 0.15) is 23.6 Å². The van der Waals surface area contributed by atoms with Gasteiger partial charge in [0.15, 0.2) is 6.10 Å². The van der Waals surface area contributed by atoms with Crippen LogP contribution in [0.15, 0.2) is 36.4 Å². The van der Waals surface area contributed by atoms with E-state index in [1.807, 2.05) is 45.0 Å². The predicted octanol–water partition coefficient (Wildman–Crippen LogP) is 4.67. The maximum atomic E-state index is 12.3. The minimum atomic E-state index is -0.598. The minimum absolute atomic E-state index is 0.203. The highest BCUT2D eigenvalue weighted by atomic mass is 35.5. The van der Waals surface area contributed by atoms with Gasteiger partial charge in [0.1, 0.15) is 5.75 Å². The van der Waals surface area contributed by atoms with Gasteiger partial charge in [0.05, 0.1) is 0 Å². The lowest BCUT2D eigenvalue weighted by atomic mass is 10.1. The third kappa shape index (κ3) is 3.80. The SMILES string of the molecule is Cc1ccc(Cl)cc1NC(=O)[C@H](C)Oc1cccc(C)c1C. The van der Waals surface area contributed by atoms with Crippen LogP contribution in [0.2, 0.25) is 5.02 Å². The second-order valence-electron chi connectivity index (χ2n) is 5.41. The molecule has 2 rings (SSSR count). The van der Waals surface area contributed by atoms with E-state index < -0.39 is 6.10 Å². The van der Waals surface area contributed by atoms with E-state index in [2.05, 4.69) is 5.32 Å². The highest BCUT2D eigenvalue weighted by Gasteiger charge is 2.17. The lowest BCUT2D eigenvalue weighted by Crippen LogP contribution is -2.30. The van der Waals surface area contributed by atoms with Crippen LogP contribution in [0.5, 0.6) is 5.75 Å². The Hall–Kier alpha value is -2.00. The highest BCUT2D eigenvalue weighted by molar-refractivity contribution is 6.31. The van der Waals surface area contributed by atoms with Gasteiger partial charge in [-0.2, -0.15) is 0 Å². The quantitative estimate of drug-likeness (QED) is 0.889. The molecular weight excluding hydrogens is 298 g/mol. The summed E-state index contributed by atoms with van der Waals surface area (Å²) < 4.78 is 5.79. The van der Waals surface area contributed by atoms with Crippen LogP contribution in [-0.2, 0) is 4.79 Å². The van der Waals surface area contributed by atoms with Crippen molar-refractivity contribution in [3.8, 4) is 5.75 Å². The molecule has 0 spiro atoms. The van der Waals surface area contributed by atoms with Crippen molar-refractivity contribution >= 4 is 23.2 Å². The first-order valence-corrected chi connectivity index (χ1v) is 7.56. The average Bonchev–Trinajstić information content (AvgIpc) is 2.47. The number of nitrogens with one attached hydrogen (secondary N) is 1. The van der Waals surface area contributed by atoms with E-state index in [0.29, 0.717) is 10.7 Å². The van der Waals surface area contributed by atoms with Gasteiger partial charge in [0, 0.05) is 10.7 Å². The average molecular weight is 318 g/mol. The number of carbonyl (C=O) groups excluding carboxylic acids is 1. The van der Waals surface area contributed by atoms with Crippen LogP contribution >= 0.6 is 11.6 Å². The normalized spacial score (nSPS) is 11.9. The molecule has 2 aromatic rings. The molecule has 2 aromatic carbocycles. The number of ether oxygens (including phenoxy) is 1. The number of amides is 1. The second-order valence-corrected chi connectivity index (χ2v) is 5.84. The van der Waals surface area contributed by atoms with Gasteiger partial charge in [-0.25, -0.2) is 0 Å². The number of anilines is 1. The smallest absolute Gasteiger partial charge is 0.265 e. The molecule has 0 bridgehead atoms. The second kappa shape index (κ2) is 6.84. The maximum absolute atomic E-state index is 12.3. The monoisotopic (exact) mass is 317 g/mol. The van der Waals surface area contributed by atoms with Crippen molar-refractivity contribution in [3.05, 3.63) is 58.1 Å². The number of rotatable bonds is 4. The molecule has 0 fully saturated rings. The molecule has 4 heteroatoms. The van der Waals surface area contributed by atoms with Gasteiger partial charge in [0.2, 0.25) is 0 Å². The Labute approximate surface area is 136 Å². The summed E-state index contributed by atoms with van der Waals surface area (Å²) in [6.07, 6.45) is -0.598. The van der Waals surface area contributed by atoms with E-state index in [0.717, 1.165) is 22.4 Å². The molecule has 116 valence electrons. The number of hydrogen-bond acceptors (Lipinski definition) is 2. The molecule has 0 aliphatic heterocycles. The number of aryl methyl sites for hydroxylation is 2. The lowest BCUT2D eigenvalue weighted by Gasteiger charge is -2.18. The molecule has 0 saturated heterocycles. The van der Waals surface area contributed by atoms with Gasteiger partial charge in [-0.1, -0.05) is 29.8 Å². The fourth-order valence-corrected chi connectivity index (χ4v) is 2.23. The number of hydrogen-bond donors (Lipinski definition) is 1. The van der Waals surface area contributed by atoms with Crippen molar-refractivity contribution in [1.82, 2.24) is 0 Å². The van der Waals surface area contributed by atoms with Crippen molar-refractivity contribution < 1.29 is 9.53 Å². The third-order valence-corrected chi connectivity index (χ3v) is 3.92. The zero-order valence-electron chi connectivity index (χ0n) is 13.2. The van der Waals surface area contributed by atoms with Crippen LogP contribution in [0.4, 0.5) is 5.69 Å². The van der Waals surface area contributed by atoms with Crippen molar-refractivity contribution in [2.75, 3.05) is 5.32 Å². The molecule has 1 amide bonds. The molecule has 1 atom stereocenters. The Morgan fingerprint density at radius 1 is 1.14 bits per heavy atom. The van der Waals surface area contributed by atoms with Gasteiger partial charge in [-0.15, -0.1) is 0 Å². The van der Waals surface area contributed by atoms with E-state index in [1.54, 1.807) is 19.1 Å². The molecule has 0 saturated carbocycles. The van der Waals surface area contributed by atoms with Crippen molar-refractivity contribution in [2.45, 2.75) is 33.8 Å². The Morgan fingerprint density at radius 3 is 2.59 bits per heavy atom. The molecule has 0 aliphatic carbocycles. The number of benzene rings is 2. The molecule has 0 radical (unpaired) electrons. The molecule has 3 nitrogen and oxygen atoms in total. The standard InChI is InChI=1S/C18H20ClNO2/c1-11-6-5-7-17(13(11)3)22-14(4)18(21)20-16-10-15(19)9-8-12(16)2/h5-10,14H,1-4H3,(H,20,21)/t14-/m0/s1. The Morgan fingerprint density at radius 2 is 1.86 bits per heavy atom. The zero-order chi connectivity index (χ0) is 16.3. The van der Waals surface area contributed by atoms with Crippen molar-refractivity contribution in [2.24, 2.45) is 0 Å². The van der Waals surface area contributed by atoms with Gasteiger partial charge in [-0.05, 0) is 62.6 Å². The summed E-state index contributed by atoms with van der Waals surface area (Å²) in [5.74, 6) is 0.525. The fourth-order valence-electron chi connectivity index (χ4n) is 2.06. The van der Waals surface area contributed by atoms with Crippen molar-refractivity contribution in [3.63, 3.8) is 0 Å².